The van der Waals surface area contributed by atoms with Crippen molar-refractivity contribution in [3.05, 3.63) is 0 Å². The second-order valence-corrected chi connectivity index (χ2v) is 4.97. The van der Waals surface area contributed by atoms with Gasteiger partial charge in [0.25, 0.3) is 0 Å². The van der Waals surface area contributed by atoms with Crippen molar-refractivity contribution in [2.75, 3.05) is 0 Å². The quantitative estimate of drug-likeness (QED) is 0.589. The van der Waals surface area contributed by atoms with Gasteiger partial charge in [-0.05, 0) is 37.0 Å². The van der Waals surface area contributed by atoms with Gasteiger partial charge in [0.05, 0.1) is 6.10 Å². The molecule has 0 aliphatic heterocycles. The van der Waals surface area contributed by atoms with Crippen LogP contribution in [0.15, 0.2) is 0 Å². The standard InChI is InChI=1S/C11H20O/c1-11-7-3-2-5-9(11)10(12)6-4-8-11/h9-10,12H,2-8H2,1H3/t9-,10+,11-/m1/s1. The summed E-state index contributed by atoms with van der Waals surface area (Å²) in [5.74, 6) is 0.625. The fraction of sp³-hybridized carbons (Fsp3) is 1.00. The molecule has 1 N–H and O–H groups in total. The molecule has 12 heavy (non-hydrogen) atoms. The smallest absolute Gasteiger partial charge is 0.0573 e. The number of aliphatic hydroxyl groups excluding tert-OH is 1. The van der Waals surface area contributed by atoms with E-state index in [4.69, 9.17) is 0 Å². The van der Waals surface area contributed by atoms with Crippen LogP contribution in [0.5, 0.6) is 0 Å². The van der Waals surface area contributed by atoms with Gasteiger partial charge < -0.3 is 5.11 Å². The van der Waals surface area contributed by atoms with Crippen molar-refractivity contribution < 1.29 is 5.11 Å². The molecule has 0 aromatic rings. The van der Waals surface area contributed by atoms with Crippen LogP contribution >= 0.6 is 0 Å². The summed E-state index contributed by atoms with van der Waals surface area (Å²) in [6.07, 6.45) is 9.04. The second kappa shape index (κ2) is 3.02. The molecule has 0 bridgehead atoms. The van der Waals surface area contributed by atoms with Gasteiger partial charge in [0.1, 0.15) is 0 Å². The van der Waals surface area contributed by atoms with Crippen molar-refractivity contribution in [1.82, 2.24) is 0 Å². The Morgan fingerprint density at radius 1 is 1.08 bits per heavy atom. The van der Waals surface area contributed by atoms with E-state index in [0.29, 0.717) is 11.3 Å². The monoisotopic (exact) mass is 168 g/mol. The van der Waals surface area contributed by atoms with Gasteiger partial charge in [0.15, 0.2) is 0 Å². The van der Waals surface area contributed by atoms with Gasteiger partial charge in [-0.25, -0.2) is 0 Å². The van der Waals surface area contributed by atoms with Crippen LogP contribution in [-0.4, -0.2) is 11.2 Å². The first-order valence-corrected chi connectivity index (χ1v) is 5.40. The van der Waals surface area contributed by atoms with Gasteiger partial charge in [-0.3, -0.25) is 0 Å². The molecule has 2 saturated carbocycles. The Morgan fingerprint density at radius 2 is 1.83 bits per heavy atom. The van der Waals surface area contributed by atoms with E-state index >= 15 is 0 Å². The summed E-state index contributed by atoms with van der Waals surface area (Å²) in [6, 6.07) is 0. The van der Waals surface area contributed by atoms with Crippen LogP contribution in [0.3, 0.4) is 0 Å². The van der Waals surface area contributed by atoms with Crippen LogP contribution in [-0.2, 0) is 0 Å². The Morgan fingerprint density at radius 3 is 2.58 bits per heavy atom. The summed E-state index contributed by atoms with van der Waals surface area (Å²) >= 11 is 0. The van der Waals surface area contributed by atoms with Gasteiger partial charge in [-0.2, -0.15) is 0 Å². The number of fused-ring (bicyclic) bond motifs is 1. The van der Waals surface area contributed by atoms with Gasteiger partial charge in [0.2, 0.25) is 0 Å². The molecule has 2 fully saturated rings. The van der Waals surface area contributed by atoms with Gasteiger partial charge in [-0.15, -0.1) is 0 Å². The summed E-state index contributed by atoms with van der Waals surface area (Å²) in [5.41, 5.74) is 0.496. The maximum Gasteiger partial charge on any atom is 0.0573 e. The summed E-state index contributed by atoms with van der Waals surface area (Å²) in [7, 11) is 0. The molecule has 1 heteroatoms. The Balaban J connectivity index is 2.12. The number of aliphatic hydroxyl groups is 1. The zero-order valence-electron chi connectivity index (χ0n) is 8.05. The first kappa shape index (κ1) is 8.55. The van der Waals surface area contributed by atoms with Crippen molar-refractivity contribution in [2.45, 2.75) is 58.0 Å². The highest BCUT2D eigenvalue weighted by atomic mass is 16.3. The van der Waals surface area contributed by atoms with Crippen LogP contribution < -0.4 is 0 Å². The molecule has 0 aromatic heterocycles. The molecule has 0 heterocycles. The van der Waals surface area contributed by atoms with Crippen LogP contribution in [0.2, 0.25) is 0 Å². The summed E-state index contributed by atoms with van der Waals surface area (Å²) in [6.45, 7) is 2.39. The van der Waals surface area contributed by atoms with Gasteiger partial charge in [0, 0.05) is 0 Å². The Bertz CT molecular complexity index is 162. The minimum Gasteiger partial charge on any atom is -0.393 e. The van der Waals surface area contributed by atoms with E-state index in [-0.39, 0.29) is 6.10 Å². The summed E-state index contributed by atoms with van der Waals surface area (Å²) in [4.78, 5) is 0. The van der Waals surface area contributed by atoms with E-state index in [1.807, 2.05) is 0 Å². The molecule has 0 amide bonds. The molecule has 0 unspecified atom stereocenters. The summed E-state index contributed by atoms with van der Waals surface area (Å²) < 4.78 is 0. The summed E-state index contributed by atoms with van der Waals surface area (Å²) in [5, 5.41) is 9.87. The third kappa shape index (κ3) is 1.28. The molecule has 0 aromatic carbocycles. The second-order valence-electron chi connectivity index (χ2n) is 4.97. The fourth-order valence-electron chi connectivity index (χ4n) is 3.31. The molecular weight excluding hydrogens is 148 g/mol. The molecule has 0 spiro atoms. The maximum atomic E-state index is 9.87. The predicted molar refractivity (Wildman–Crippen MR) is 49.9 cm³/mol. The lowest BCUT2D eigenvalue weighted by atomic mass is 9.59. The largest absolute Gasteiger partial charge is 0.393 e. The van der Waals surface area contributed by atoms with E-state index in [1.165, 1.54) is 38.5 Å². The predicted octanol–water partition coefficient (Wildman–Crippen LogP) is 2.73. The molecule has 70 valence electrons. The van der Waals surface area contributed by atoms with Crippen molar-refractivity contribution in [3.63, 3.8) is 0 Å². The molecule has 2 aliphatic rings. The third-order valence-electron chi connectivity index (χ3n) is 4.12. The number of rotatable bonds is 0. The average molecular weight is 168 g/mol. The highest BCUT2D eigenvalue weighted by Crippen LogP contribution is 2.49. The van der Waals surface area contributed by atoms with Crippen molar-refractivity contribution in [3.8, 4) is 0 Å². The SMILES string of the molecule is C[C@]12CCCC[C@@H]1[C@@H](O)CCC2. The van der Waals surface area contributed by atoms with E-state index in [0.717, 1.165) is 6.42 Å². The molecule has 2 rings (SSSR count). The van der Waals surface area contributed by atoms with E-state index < -0.39 is 0 Å². The number of hydrogen-bond donors (Lipinski definition) is 1. The maximum absolute atomic E-state index is 9.87. The molecule has 2 aliphatic carbocycles. The fourth-order valence-corrected chi connectivity index (χ4v) is 3.31. The lowest BCUT2D eigenvalue weighted by molar-refractivity contribution is -0.0436. The van der Waals surface area contributed by atoms with E-state index in [2.05, 4.69) is 6.92 Å². The number of hydrogen-bond acceptors (Lipinski definition) is 1. The first-order valence-electron chi connectivity index (χ1n) is 5.40. The van der Waals surface area contributed by atoms with E-state index in [1.54, 1.807) is 0 Å². The van der Waals surface area contributed by atoms with Crippen LogP contribution in [0.1, 0.15) is 51.9 Å². The first-order chi connectivity index (χ1) is 5.72. The molecule has 0 radical (unpaired) electrons. The average Bonchev–Trinajstić information content (AvgIpc) is 2.04. The van der Waals surface area contributed by atoms with Crippen molar-refractivity contribution in [1.29, 1.82) is 0 Å². The van der Waals surface area contributed by atoms with Crippen molar-refractivity contribution in [2.24, 2.45) is 11.3 Å². The van der Waals surface area contributed by atoms with Gasteiger partial charge in [-0.1, -0.05) is 26.2 Å². The minimum atomic E-state index is 0.0176. The normalized spacial score (nSPS) is 48.5. The minimum absolute atomic E-state index is 0.0176. The topological polar surface area (TPSA) is 20.2 Å². The zero-order valence-corrected chi connectivity index (χ0v) is 8.05. The molecule has 0 saturated heterocycles. The third-order valence-corrected chi connectivity index (χ3v) is 4.12. The molecular formula is C11H20O. The van der Waals surface area contributed by atoms with Gasteiger partial charge >= 0.3 is 0 Å². The van der Waals surface area contributed by atoms with Crippen LogP contribution in [0.25, 0.3) is 0 Å². The lowest BCUT2D eigenvalue weighted by Gasteiger charge is -2.47. The van der Waals surface area contributed by atoms with Crippen LogP contribution in [0.4, 0.5) is 0 Å². The van der Waals surface area contributed by atoms with E-state index in [9.17, 15) is 5.11 Å². The van der Waals surface area contributed by atoms with Crippen molar-refractivity contribution >= 4 is 0 Å². The zero-order chi connectivity index (χ0) is 8.60. The highest BCUT2D eigenvalue weighted by Gasteiger charge is 2.42. The van der Waals surface area contributed by atoms with Crippen LogP contribution in [0, 0.1) is 11.3 Å². The Kier molecular flexibility index (Phi) is 2.16. The lowest BCUT2D eigenvalue weighted by Crippen LogP contribution is -2.42. The highest BCUT2D eigenvalue weighted by molar-refractivity contribution is 4.93. The Hall–Kier alpha value is -0.0400. The molecule has 1 nitrogen and oxygen atoms in total. The molecule has 3 atom stereocenters. The Labute approximate surface area is 75.2 Å².